The van der Waals surface area contributed by atoms with Gasteiger partial charge in [-0.15, -0.1) is 0 Å². The molecule has 0 N–H and O–H groups in total. The van der Waals surface area contributed by atoms with E-state index in [-0.39, 0.29) is 0 Å². The molecule has 4 heterocycles. The Bertz CT molecular complexity index is 9610. The molecule has 0 bridgehead atoms. The largest absolute Gasteiger partial charge is 0.309 e. The lowest BCUT2D eigenvalue weighted by Gasteiger charge is -2.20. The third-order valence-corrected chi connectivity index (χ3v) is 29.1. The molecule has 0 spiro atoms. The molecule has 136 heavy (non-hydrogen) atoms. The SMILES string of the molecule is c1ccc(-c2ccc3cccc(-c4c5cccc(-c6ccc7c(c6)c6ccccc6n7-c6ccccc6)c5cc5c(-c6ccc7c(c6)c6ccccc6n7-c6ccc(-c7cc(-c8ccccc8)cc8c(-c9c%10cccc(-c%11ccc%12c%13ccccc%13n(-c%13ccccc%13)c%12c%11)c%10cc%10c(-c%11ccc%12c%13ccccc%13n(-c%13ccccc%13)c%12c%11)cccc9%10)cccc78)cc6)cccc45)c3c2)cc1. The molecule has 0 fully saturated rings. The summed E-state index contributed by atoms with van der Waals surface area (Å²) in [6.45, 7) is 0. The minimum Gasteiger partial charge on any atom is -0.309 e. The van der Waals surface area contributed by atoms with E-state index in [2.05, 4.69) is 516 Å². The molecular weight excluding hydrogens is 1640 g/mol. The second-order valence-corrected chi connectivity index (χ2v) is 36.4. The van der Waals surface area contributed by atoms with Gasteiger partial charge in [0.05, 0.1) is 44.1 Å². The number of hydrogen-bond donors (Lipinski definition) is 0. The molecule has 0 aliphatic rings. The van der Waals surface area contributed by atoms with Gasteiger partial charge >= 0.3 is 0 Å². The second-order valence-electron chi connectivity index (χ2n) is 36.4. The normalized spacial score (nSPS) is 12.0. The molecule has 4 heteroatoms. The van der Waals surface area contributed by atoms with Crippen molar-refractivity contribution in [3.8, 4) is 123 Å². The van der Waals surface area contributed by atoms with Gasteiger partial charge in [-0.3, -0.25) is 0 Å². The number of para-hydroxylation sites is 7. The summed E-state index contributed by atoms with van der Waals surface area (Å²) in [5.74, 6) is 0. The zero-order chi connectivity index (χ0) is 89.2. The summed E-state index contributed by atoms with van der Waals surface area (Å²) in [5.41, 5.74) is 35.0. The van der Waals surface area contributed by atoms with Crippen molar-refractivity contribution in [1.82, 2.24) is 18.3 Å². The number of nitrogens with zero attached hydrogens (tertiary/aromatic N) is 4. The molecule has 0 saturated carbocycles. The molecular formula is C132H82N4. The van der Waals surface area contributed by atoms with Crippen LogP contribution in [-0.2, 0) is 0 Å². The van der Waals surface area contributed by atoms with Crippen LogP contribution >= 0.6 is 0 Å². The summed E-state index contributed by atoms with van der Waals surface area (Å²) in [5, 5.41) is 24.1. The third-order valence-electron chi connectivity index (χ3n) is 29.1. The Morgan fingerprint density at radius 3 is 0.816 bits per heavy atom. The van der Waals surface area contributed by atoms with E-state index in [1.165, 1.54) is 202 Å². The van der Waals surface area contributed by atoms with Gasteiger partial charge in [0.2, 0.25) is 0 Å². The van der Waals surface area contributed by atoms with Crippen LogP contribution in [0.5, 0.6) is 0 Å². The molecule has 4 nitrogen and oxygen atoms in total. The molecule has 0 unspecified atom stereocenters. The Kier molecular flexibility index (Phi) is 17.4. The molecule has 28 aromatic rings. The minimum atomic E-state index is 1.09. The second kappa shape index (κ2) is 30.8. The Morgan fingerprint density at radius 2 is 0.382 bits per heavy atom. The van der Waals surface area contributed by atoms with E-state index in [0.717, 1.165) is 72.7 Å². The zero-order valence-electron chi connectivity index (χ0n) is 74.1. The van der Waals surface area contributed by atoms with Gasteiger partial charge in [0.15, 0.2) is 0 Å². The molecule has 0 aliphatic heterocycles. The van der Waals surface area contributed by atoms with Crippen molar-refractivity contribution in [2.24, 2.45) is 0 Å². The fraction of sp³-hybridized carbons (Fsp3) is 0. The van der Waals surface area contributed by atoms with Crippen LogP contribution in [0, 0.1) is 0 Å². The van der Waals surface area contributed by atoms with Gasteiger partial charge in [-0.2, -0.15) is 0 Å². The summed E-state index contributed by atoms with van der Waals surface area (Å²) in [6, 6.07) is 187. The van der Waals surface area contributed by atoms with Crippen molar-refractivity contribution in [3.05, 3.63) is 497 Å². The van der Waals surface area contributed by atoms with E-state index in [0.29, 0.717) is 0 Å². The van der Waals surface area contributed by atoms with Crippen LogP contribution < -0.4 is 0 Å². The number of fused-ring (bicyclic) bond motifs is 18. The first kappa shape index (κ1) is 76.9. The highest BCUT2D eigenvalue weighted by Crippen LogP contribution is 2.52. The first-order valence-corrected chi connectivity index (χ1v) is 47.1. The average molecular weight is 1720 g/mol. The highest BCUT2D eigenvalue weighted by Gasteiger charge is 2.27. The Balaban J connectivity index is 0.613. The number of benzene rings is 24. The van der Waals surface area contributed by atoms with E-state index >= 15 is 0 Å². The monoisotopic (exact) mass is 1720 g/mol. The third kappa shape index (κ3) is 12.0. The molecule has 0 aliphatic carbocycles. The Hall–Kier alpha value is -18.0. The van der Waals surface area contributed by atoms with Crippen LogP contribution in [0.2, 0.25) is 0 Å². The molecule has 0 atom stereocenters. The van der Waals surface area contributed by atoms with Crippen LogP contribution in [0.1, 0.15) is 0 Å². The van der Waals surface area contributed by atoms with Gasteiger partial charge in [0.1, 0.15) is 0 Å². The van der Waals surface area contributed by atoms with Crippen LogP contribution in [0.25, 0.3) is 275 Å². The van der Waals surface area contributed by atoms with Crippen LogP contribution in [-0.4, -0.2) is 18.3 Å². The number of rotatable bonds is 13. The van der Waals surface area contributed by atoms with Gasteiger partial charge in [-0.05, 0) is 304 Å². The Labute approximate surface area is 784 Å². The standard InChI is InChI=1S/C132H82N4/c1-6-30-83(31-7-1)87-61-60-85-34-24-50-108(115(85)74-87)131-110-51-25-45-97(88-66-72-127-121(75-88)104-43-18-22-58-125(104)133(127)93-35-10-3-11-36-93)117(110)81-118-98(46-26-52-111(118)131)89-67-73-128-122(76-89)105-44-19-23-59-126(105)134(128)96-68-62-86(63-69-96)114-77-92(84-32-8-2-9-33-84)78-116-101(114)49-29-55-109(116)132-112-53-27-47-99(90-64-70-106-102-41-16-20-56-123(102)135(129(106)79-90)94-37-12-4-13-38-94)119(112)82-120-100(48-28-54-113(120)132)91-65-71-107-103-42-17-21-57-124(103)136(130(107)80-91)95-39-14-5-15-40-95/h1-82H. The fourth-order valence-corrected chi connectivity index (χ4v) is 23.1. The molecule has 0 amide bonds. The molecule has 0 saturated heterocycles. The summed E-state index contributed by atoms with van der Waals surface area (Å²) in [6.07, 6.45) is 0. The number of aromatic nitrogens is 4. The van der Waals surface area contributed by atoms with Gasteiger partial charge in [0.25, 0.3) is 0 Å². The maximum atomic E-state index is 2.51. The maximum absolute atomic E-state index is 2.51. The maximum Gasteiger partial charge on any atom is 0.0547 e. The Morgan fingerprint density at radius 1 is 0.103 bits per heavy atom. The van der Waals surface area contributed by atoms with Gasteiger partial charge in [0, 0.05) is 65.8 Å². The van der Waals surface area contributed by atoms with Crippen LogP contribution in [0.3, 0.4) is 0 Å². The van der Waals surface area contributed by atoms with Crippen LogP contribution in [0.15, 0.2) is 497 Å². The van der Waals surface area contributed by atoms with Crippen molar-refractivity contribution in [2.75, 3.05) is 0 Å². The average Bonchev–Trinajstić information content (AvgIpc) is 0.931. The van der Waals surface area contributed by atoms with Crippen molar-refractivity contribution >= 4 is 152 Å². The van der Waals surface area contributed by atoms with Crippen molar-refractivity contribution in [2.45, 2.75) is 0 Å². The van der Waals surface area contributed by atoms with E-state index in [1.807, 2.05) is 0 Å². The smallest absolute Gasteiger partial charge is 0.0547 e. The van der Waals surface area contributed by atoms with E-state index < -0.39 is 0 Å². The lowest BCUT2D eigenvalue weighted by Crippen LogP contribution is -1.95. The lowest BCUT2D eigenvalue weighted by molar-refractivity contribution is 1.18. The summed E-state index contributed by atoms with van der Waals surface area (Å²) in [7, 11) is 0. The molecule has 24 aromatic carbocycles. The lowest BCUT2D eigenvalue weighted by atomic mass is 9.83. The first-order valence-electron chi connectivity index (χ1n) is 47.1. The fourth-order valence-electron chi connectivity index (χ4n) is 23.1. The van der Waals surface area contributed by atoms with Gasteiger partial charge in [-0.25, -0.2) is 0 Å². The minimum absolute atomic E-state index is 1.09. The summed E-state index contributed by atoms with van der Waals surface area (Å²) < 4.78 is 9.76. The molecule has 28 rings (SSSR count). The summed E-state index contributed by atoms with van der Waals surface area (Å²) >= 11 is 0. The van der Waals surface area contributed by atoms with Crippen molar-refractivity contribution in [3.63, 3.8) is 0 Å². The summed E-state index contributed by atoms with van der Waals surface area (Å²) in [4.78, 5) is 0. The van der Waals surface area contributed by atoms with Crippen molar-refractivity contribution < 1.29 is 0 Å². The molecule has 630 valence electrons. The quantitative estimate of drug-likeness (QED) is 0.103. The predicted molar refractivity (Wildman–Crippen MR) is 578 cm³/mol. The predicted octanol–water partition coefficient (Wildman–Crippen LogP) is 36.0. The van der Waals surface area contributed by atoms with Crippen LogP contribution in [0.4, 0.5) is 0 Å². The van der Waals surface area contributed by atoms with E-state index in [4.69, 9.17) is 0 Å². The highest BCUT2D eigenvalue weighted by molar-refractivity contribution is 6.26. The number of hydrogen-bond acceptors (Lipinski definition) is 0. The van der Waals surface area contributed by atoms with E-state index in [1.54, 1.807) is 0 Å². The van der Waals surface area contributed by atoms with Gasteiger partial charge in [-0.1, -0.05) is 358 Å². The zero-order valence-corrected chi connectivity index (χ0v) is 74.1. The van der Waals surface area contributed by atoms with E-state index in [9.17, 15) is 0 Å². The van der Waals surface area contributed by atoms with Gasteiger partial charge < -0.3 is 18.3 Å². The first-order chi connectivity index (χ1) is 67.5. The topological polar surface area (TPSA) is 19.7 Å². The molecule has 4 aromatic heterocycles. The highest BCUT2D eigenvalue weighted by atomic mass is 15.0. The molecule has 0 radical (unpaired) electrons. The van der Waals surface area contributed by atoms with Crippen molar-refractivity contribution in [1.29, 1.82) is 0 Å².